The van der Waals surface area contributed by atoms with Crippen LogP contribution in [0.2, 0.25) is 0 Å². The van der Waals surface area contributed by atoms with Crippen molar-refractivity contribution in [3.8, 4) is 0 Å². The molecule has 2 aliphatic rings. The molecule has 1 aliphatic carbocycles. The second kappa shape index (κ2) is 3.84. The number of carbonyl (C=O) groups is 3. The van der Waals surface area contributed by atoms with E-state index in [9.17, 15) is 14.4 Å². The molecule has 0 spiro atoms. The lowest BCUT2D eigenvalue weighted by Gasteiger charge is -2.15. The van der Waals surface area contributed by atoms with Gasteiger partial charge in [0.05, 0.1) is 0 Å². The molecule has 0 aromatic carbocycles. The lowest BCUT2D eigenvalue weighted by Crippen LogP contribution is -2.51. The highest BCUT2D eigenvalue weighted by Gasteiger charge is 2.29. The highest BCUT2D eigenvalue weighted by Crippen LogP contribution is 2.27. The van der Waals surface area contributed by atoms with Crippen LogP contribution in [0.25, 0.3) is 0 Å². The number of hydrogen-bond acceptors (Lipinski definition) is 3. The van der Waals surface area contributed by atoms with Gasteiger partial charge in [0.25, 0.3) is 11.8 Å². The van der Waals surface area contributed by atoms with E-state index >= 15 is 0 Å². The van der Waals surface area contributed by atoms with Crippen molar-refractivity contribution >= 4 is 17.8 Å². The largest absolute Gasteiger partial charge is 0.328 e. The van der Waals surface area contributed by atoms with Gasteiger partial charge in [-0.2, -0.15) is 0 Å². The first-order valence-electron chi connectivity index (χ1n) is 5.05. The molecule has 0 radical (unpaired) electrons. The number of carbonyl (C=O) groups excluding carboxylic acids is 3. The maximum atomic E-state index is 11.3. The van der Waals surface area contributed by atoms with E-state index in [0.717, 1.165) is 25.7 Å². The normalized spacial score (nSPS) is 22.7. The van der Waals surface area contributed by atoms with Crippen LogP contribution in [0.1, 0.15) is 25.7 Å². The lowest BCUT2D eigenvalue weighted by atomic mass is 10.0. The molecule has 80 valence electrons. The standard InChI is InChI=1S/C10H12N2O3/c13-8-7(5-6-3-1-2-4-6)9(14)12-10(15)11-8/h5-6H,1-4H2,(H2,11,12,13,14,15). The van der Waals surface area contributed by atoms with Gasteiger partial charge in [-0.25, -0.2) is 4.79 Å². The van der Waals surface area contributed by atoms with Gasteiger partial charge in [-0.3, -0.25) is 20.2 Å². The third-order valence-electron chi connectivity index (χ3n) is 2.75. The molecular weight excluding hydrogens is 196 g/mol. The van der Waals surface area contributed by atoms with Gasteiger partial charge in [-0.15, -0.1) is 0 Å². The summed E-state index contributed by atoms with van der Waals surface area (Å²) in [5, 5.41) is 4.11. The Hall–Kier alpha value is -1.65. The predicted molar refractivity (Wildman–Crippen MR) is 51.7 cm³/mol. The molecule has 4 amide bonds. The van der Waals surface area contributed by atoms with Crippen LogP contribution in [0.5, 0.6) is 0 Å². The Morgan fingerprint density at radius 3 is 2.07 bits per heavy atom. The summed E-state index contributed by atoms with van der Waals surface area (Å²) >= 11 is 0. The summed E-state index contributed by atoms with van der Waals surface area (Å²) in [5.41, 5.74) is 0.0708. The zero-order chi connectivity index (χ0) is 10.8. The molecule has 5 nitrogen and oxygen atoms in total. The molecule has 2 N–H and O–H groups in total. The Kier molecular flexibility index (Phi) is 2.53. The van der Waals surface area contributed by atoms with Crippen LogP contribution >= 0.6 is 0 Å². The molecule has 15 heavy (non-hydrogen) atoms. The molecule has 2 rings (SSSR count). The SMILES string of the molecule is O=C1NC(=O)C(=CC2CCCC2)C(=O)N1. The minimum atomic E-state index is -0.742. The van der Waals surface area contributed by atoms with E-state index in [0.29, 0.717) is 5.92 Å². The first kappa shape index (κ1) is 9.89. The zero-order valence-electron chi connectivity index (χ0n) is 8.21. The third kappa shape index (κ3) is 2.06. The summed E-state index contributed by atoms with van der Waals surface area (Å²) in [6.45, 7) is 0. The number of nitrogens with one attached hydrogen (secondary N) is 2. The lowest BCUT2D eigenvalue weighted by molar-refractivity contribution is -0.124. The number of amides is 4. The summed E-state index contributed by atoms with van der Waals surface area (Å²) in [7, 11) is 0. The van der Waals surface area contributed by atoms with Gasteiger partial charge in [-0.1, -0.05) is 18.9 Å². The van der Waals surface area contributed by atoms with Crippen molar-refractivity contribution in [2.24, 2.45) is 5.92 Å². The van der Waals surface area contributed by atoms with Crippen molar-refractivity contribution in [3.63, 3.8) is 0 Å². The predicted octanol–water partition coefficient (Wildman–Crippen LogP) is 0.469. The Morgan fingerprint density at radius 1 is 1.00 bits per heavy atom. The molecule has 2 fully saturated rings. The van der Waals surface area contributed by atoms with E-state index in [-0.39, 0.29) is 5.57 Å². The van der Waals surface area contributed by atoms with Crippen molar-refractivity contribution in [2.45, 2.75) is 25.7 Å². The second-order valence-corrected chi connectivity index (χ2v) is 3.86. The number of imide groups is 2. The highest BCUT2D eigenvalue weighted by molar-refractivity contribution is 6.28. The van der Waals surface area contributed by atoms with E-state index < -0.39 is 17.8 Å². The fourth-order valence-electron chi connectivity index (χ4n) is 1.99. The van der Waals surface area contributed by atoms with Crippen LogP contribution in [0, 0.1) is 5.92 Å². The van der Waals surface area contributed by atoms with Crippen molar-refractivity contribution in [2.75, 3.05) is 0 Å². The minimum Gasteiger partial charge on any atom is -0.273 e. The fourth-order valence-corrected chi connectivity index (χ4v) is 1.99. The molecular formula is C10H12N2O3. The van der Waals surface area contributed by atoms with Gasteiger partial charge in [0.2, 0.25) is 0 Å². The molecule has 0 atom stereocenters. The Bertz CT molecular complexity index is 332. The summed E-state index contributed by atoms with van der Waals surface area (Å²) in [6.07, 6.45) is 5.98. The molecule has 0 aromatic rings. The first-order valence-corrected chi connectivity index (χ1v) is 5.05. The van der Waals surface area contributed by atoms with Gasteiger partial charge in [-0.05, 0) is 18.8 Å². The number of rotatable bonds is 1. The van der Waals surface area contributed by atoms with Gasteiger partial charge in [0.15, 0.2) is 0 Å². The van der Waals surface area contributed by atoms with Crippen LogP contribution in [0.4, 0.5) is 4.79 Å². The van der Waals surface area contributed by atoms with E-state index in [4.69, 9.17) is 0 Å². The molecule has 1 aliphatic heterocycles. The third-order valence-corrected chi connectivity index (χ3v) is 2.75. The minimum absolute atomic E-state index is 0.0708. The maximum absolute atomic E-state index is 11.3. The van der Waals surface area contributed by atoms with Crippen LogP contribution < -0.4 is 10.6 Å². The second-order valence-electron chi connectivity index (χ2n) is 3.86. The fraction of sp³-hybridized carbons (Fsp3) is 0.500. The van der Waals surface area contributed by atoms with Crippen molar-refractivity contribution in [3.05, 3.63) is 11.6 Å². The molecule has 0 aromatic heterocycles. The number of hydrogen-bond donors (Lipinski definition) is 2. The molecule has 0 unspecified atom stereocenters. The van der Waals surface area contributed by atoms with E-state index in [1.165, 1.54) is 0 Å². The molecule has 1 saturated heterocycles. The van der Waals surface area contributed by atoms with E-state index in [1.54, 1.807) is 6.08 Å². The monoisotopic (exact) mass is 208 g/mol. The van der Waals surface area contributed by atoms with Gasteiger partial charge in [0, 0.05) is 0 Å². The topological polar surface area (TPSA) is 75.3 Å². The van der Waals surface area contributed by atoms with Crippen LogP contribution in [-0.4, -0.2) is 17.8 Å². The van der Waals surface area contributed by atoms with Gasteiger partial charge >= 0.3 is 6.03 Å². The summed E-state index contributed by atoms with van der Waals surface area (Å²) < 4.78 is 0. The Labute approximate surface area is 86.9 Å². The average Bonchev–Trinajstić information content (AvgIpc) is 2.63. The number of urea groups is 1. The van der Waals surface area contributed by atoms with Crippen molar-refractivity contribution in [1.82, 2.24) is 10.6 Å². The smallest absolute Gasteiger partial charge is 0.273 e. The number of allylic oxidation sites excluding steroid dienone is 1. The summed E-state index contributed by atoms with van der Waals surface area (Å²) in [5.74, 6) is -0.879. The summed E-state index contributed by atoms with van der Waals surface area (Å²) in [4.78, 5) is 33.5. The van der Waals surface area contributed by atoms with Crippen molar-refractivity contribution < 1.29 is 14.4 Å². The zero-order valence-corrected chi connectivity index (χ0v) is 8.21. The molecule has 1 heterocycles. The highest BCUT2D eigenvalue weighted by atomic mass is 16.2. The van der Waals surface area contributed by atoms with Crippen LogP contribution in [-0.2, 0) is 9.59 Å². The van der Waals surface area contributed by atoms with E-state index in [1.807, 2.05) is 0 Å². The molecule has 5 heteroatoms. The van der Waals surface area contributed by atoms with E-state index in [2.05, 4.69) is 10.6 Å². The first-order chi connectivity index (χ1) is 7.16. The Morgan fingerprint density at radius 2 is 1.53 bits per heavy atom. The molecule has 1 saturated carbocycles. The van der Waals surface area contributed by atoms with Crippen LogP contribution in [0.15, 0.2) is 11.6 Å². The van der Waals surface area contributed by atoms with Crippen molar-refractivity contribution in [1.29, 1.82) is 0 Å². The van der Waals surface area contributed by atoms with Gasteiger partial charge < -0.3 is 0 Å². The quantitative estimate of drug-likeness (QED) is 0.486. The summed E-state index contributed by atoms with van der Waals surface area (Å²) in [6, 6.07) is -0.742. The van der Waals surface area contributed by atoms with Crippen LogP contribution in [0.3, 0.4) is 0 Å². The van der Waals surface area contributed by atoms with Gasteiger partial charge in [0.1, 0.15) is 5.57 Å². The number of barbiturate groups is 1. The maximum Gasteiger partial charge on any atom is 0.328 e. The average molecular weight is 208 g/mol. The Balaban J connectivity index is 2.15. The molecule has 0 bridgehead atoms.